The maximum absolute atomic E-state index is 11.5. The molecule has 0 fully saturated rings. The number of hydrogen-bond donors (Lipinski definition) is 0. The second-order valence-electron chi connectivity index (χ2n) is 1.39. The lowest BCUT2D eigenvalue weighted by Crippen LogP contribution is -1.90. The van der Waals surface area contributed by atoms with Gasteiger partial charge in [0.25, 0.3) is 0 Å². The molecule has 0 saturated heterocycles. The van der Waals surface area contributed by atoms with E-state index >= 15 is 0 Å². The molecule has 7 heavy (non-hydrogen) atoms. The van der Waals surface area contributed by atoms with Crippen molar-refractivity contribution in [2.75, 3.05) is 20.2 Å². The van der Waals surface area contributed by atoms with Crippen molar-refractivity contribution >= 4 is 15.0 Å². The van der Waals surface area contributed by atoms with E-state index in [2.05, 4.69) is 4.65 Å². The van der Waals surface area contributed by atoms with E-state index in [0.29, 0.717) is 7.20 Å². The lowest BCUT2D eigenvalue weighted by molar-refractivity contribution is 0.454. The summed E-state index contributed by atoms with van der Waals surface area (Å²) in [5, 5.41) is 0. The van der Waals surface area contributed by atoms with Crippen LogP contribution in [0.2, 0.25) is 0 Å². The highest BCUT2D eigenvalue weighted by atomic mass is 31.1. The van der Waals surface area contributed by atoms with Crippen LogP contribution in [-0.2, 0) is 4.65 Å². The quantitative estimate of drug-likeness (QED) is 0.399. The Morgan fingerprint density at radius 1 is 1.86 bits per heavy atom. The van der Waals surface area contributed by atoms with Gasteiger partial charge in [-0.3, -0.25) is 0 Å². The van der Waals surface area contributed by atoms with E-state index in [1.807, 2.05) is 6.66 Å². The number of hydrogen-bond acceptors (Lipinski definition) is 1. The van der Waals surface area contributed by atoms with Crippen LogP contribution in [0, 0.1) is 0 Å². The average molecular weight is 122 g/mol. The van der Waals surface area contributed by atoms with Crippen LogP contribution in [0.4, 0.5) is 4.39 Å². The molecule has 0 saturated carbocycles. The summed E-state index contributed by atoms with van der Waals surface area (Å²) in [6.07, 6.45) is -0.219. The van der Waals surface area contributed by atoms with E-state index in [0.717, 1.165) is 0 Å². The van der Waals surface area contributed by atoms with Gasteiger partial charge in [-0.1, -0.05) is 7.80 Å². The smallest absolute Gasteiger partial charge is 0.305 e. The Labute approximate surface area is 45.2 Å². The van der Waals surface area contributed by atoms with Gasteiger partial charge in [0.05, 0.1) is 0 Å². The summed E-state index contributed by atoms with van der Waals surface area (Å²) < 4.78 is 16.2. The van der Waals surface area contributed by atoms with Crippen molar-refractivity contribution in [2.45, 2.75) is 0 Å². The first-order valence-corrected chi connectivity index (χ1v) is 4.20. The van der Waals surface area contributed by atoms with Gasteiger partial charge < -0.3 is 4.65 Å². The molecule has 0 aliphatic carbocycles. The lowest BCUT2D eigenvalue weighted by atomic mass is 10.5. The predicted octanol–water partition coefficient (Wildman–Crippen LogP) is 0.938. The van der Waals surface area contributed by atoms with Crippen LogP contribution in [0.25, 0.3) is 0 Å². The number of halogens is 1. The summed E-state index contributed by atoms with van der Waals surface area (Å²) in [5.74, 6) is 0. The van der Waals surface area contributed by atoms with Gasteiger partial charge in [0.2, 0.25) is 0 Å². The standard InChI is InChI=1S/C3H9BFOP/c1-6-4-7(2)3-5/h4H,3H2,1-2H3. The van der Waals surface area contributed by atoms with E-state index in [1.165, 1.54) is 0 Å². The van der Waals surface area contributed by atoms with E-state index in [-0.39, 0.29) is 6.42 Å². The zero-order valence-electron chi connectivity index (χ0n) is 4.65. The van der Waals surface area contributed by atoms with Gasteiger partial charge in [-0.05, 0) is 6.66 Å². The van der Waals surface area contributed by atoms with Crippen LogP contribution in [-0.4, -0.2) is 27.4 Å². The van der Waals surface area contributed by atoms with Crippen LogP contribution in [0.15, 0.2) is 0 Å². The van der Waals surface area contributed by atoms with Gasteiger partial charge >= 0.3 is 7.20 Å². The maximum Gasteiger partial charge on any atom is 0.305 e. The molecule has 4 heteroatoms. The van der Waals surface area contributed by atoms with Gasteiger partial charge in [-0.25, -0.2) is 4.39 Å². The molecule has 0 aromatic heterocycles. The third-order valence-electron chi connectivity index (χ3n) is 0.554. The first kappa shape index (κ1) is 7.38. The molecule has 0 aromatic carbocycles. The molecule has 0 aromatic rings. The minimum absolute atomic E-state index is 0.219. The monoisotopic (exact) mass is 122 g/mol. The van der Waals surface area contributed by atoms with Gasteiger partial charge in [0.1, 0.15) is 6.42 Å². The molecular formula is C3H9BFOP. The van der Waals surface area contributed by atoms with Gasteiger partial charge in [-0.2, -0.15) is 0 Å². The minimum Gasteiger partial charge on any atom is -0.437 e. The fourth-order valence-electron chi connectivity index (χ4n) is 0.255. The molecule has 0 N–H and O–H groups in total. The van der Waals surface area contributed by atoms with Gasteiger partial charge in [0.15, 0.2) is 0 Å². The number of rotatable bonds is 3. The average Bonchev–Trinajstić information content (AvgIpc) is 1.68. The third-order valence-corrected chi connectivity index (χ3v) is 1.66. The SMILES string of the molecule is COBP(C)CF. The molecule has 1 atom stereocenters. The first-order valence-electron chi connectivity index (χ1n) is 2.04. The maximum atomic E-state index is 11.5. The van der Waals surface area contributed by atoms with E-state index < -0.39 is 7.80 Å². The van der Waals surface area contributed by atoms with Crippen LogP contribution in [0.5, 0.6) is 0 Å². The Bertz CT molecular complexity index is 45.9. The first-order chi connectivity index (χ1) is 3.31. The normalized spacial score (nSPS) is 13.6. The summed E-state index contributed by atoms with van der Waals surface area (Å²) >= 11 is 0. The summed E-state index contributed by atoms with van der Waals surface area (Å²) in [6.45, 7) is 1.87. The zero-order valence-corrected chi connectivity index (χ0v) is 5.54. The molecule has 0 aliphatic rings. The Kier molecular flexibility index (Phi) is 4.79. The summed E-state index contributed by atoms with van der Waals surface area (Å²) in [5.41, 5.74) is 0. The van der Waals surface area contributed by atoms with Gasteiger partial charge in [-0.15, -0.1) is 0 Å². The lowest BCUT2D eigenvalue weighted by Gasteiger charge is -1.99. The van der Waals surface area contributed by atoms with Crippen molar-refractivity contribution in [3.63, 3.8) is 0 Å². The molecule has 0 radical (unpaired) electrons. The molecule has 0 aliphatic heterocycles. The molecule has 42 valence electrons. The van der Waals surface area contributed by atoms with E-state index in [9.17, 15) is 4.39 Å². The molecule has 0 amide bonds. The number of alkyl halides is 1. The molecule has 1 unspecified atom stereocenters. The van der Waals surface area contributed by atoms with Gasteiger partial charge in [0, 0.05) is 7.11 Å². The fraction of sp³-hybridized carbons (Fsp3) is 1.00. The highest BCUT2D eigenvalue weighted by Gasteiger charge is 1.98. The Balaban J connectivity index is 2.83. The third kappa shape index (κ3) is 4.23. The highest BCUT2D eigenvalue weighted by molar-refractivity contribution is 7.84. The molecule has 0 rings (SSSR count). The summed E-state index contributed by atoms with van der Waals surface area (Å²) in [7, 11) is 1.71. The second-order valence-corrected chi connectivity index (χ2v) is 3.60. The fourth-order valence-corrected chi connectivity index (χ4v) is 0.765. The molecule has 0 spiro atoms. The molecule has 0 bridgehead atoms. The molecule has 1 nitrogen and oxygen atoms in total. The van der Waals surface area contributed by atoms with Crippen molar-refractivity contribution in [3.8, 4) is 0 Å². The van der Waals surface area contributed by atoms with Crippen LogP contribution >= 0.6 is 7.80 Å². The minimum atomic E-state index is -0.467. The van der Waals surface area contributed by atoms with Crippen molar-refractivity contribution < 1.29 is 9.04 Å². The van der Waals surface area contributed by atoms with Crippen molar-refractivity contribution in [2.24, 2.45) is 0 Å². The van der Waals surface area contributed by atoms with Crippen molar-refractivity contribution in [3.05, 3.63) is 0 Å². The van der Waals surface area contributed by atoms with Crippen LogP contribution in [0.1, 0.15) is 0 Å². The topological polar surface area (TPSA) is 9.23 Å². The summed E-state index contributed by atoms with van der Waals surface area (Å²) in [6, 6.07) is 0. The Morgan fingerprint density at radius 3 is 2.57 bits per heavy atom. The zero-order chi connectivity index (χ0) is 5.70. The largest absolute Gasteiger partial charge is 0.437 e. The molecular weight excluding hydrogens is 113 g/mol. The van der Waals surface area contributed by atoms with E-state index in [1.54, 1.807) is 7.11 Å². The Hall–Kier alpha value is 0.385. The van der Waals surface area contributed by atoms with Crippen LogP contribution in [0.3, 0.4) is 0 Å². The van der Waals surface area contributed by atoms with Crippen LogP contribution < -0.4 is 0 Å². The highest BCUT2D eigenvalue weighted by Crippen LogP contribution is 2.26. The molecule has 0 heterocycles. The van der Waals surface area contributed by atoms with E-state index in [4.69, 9.17) is 0 Å². The Morgan fingerprint density at radius 2 is 2.43 bits per heavy atom. The second kappa shape index (κ2) is 4.54. The van der Waals surface area contributed by atoms with Crippen molar-refractivity contribution in [1.29, 1.82) is 0 Å². The summed E-state index contributed by atoms with van der Waals surface area (Å²) in [4.78, 5) is 0. The predicted molar refractivity (Wildman–Crippen MR) is 33.0 cm³/mol. The van der Waals surface area contributed by atoms with Crippen molar-refractivity contribution in [1.82, 2.24) is 0 Å².